The standard InChI is InChI=1S/C22H25Br2NO/c23-18-11-15(12-19(24)13-18)14-26-21-6-5-16-3-1-2-4-20(16)22(21)17-7-9-25-10-8-17/h1-4,11-13,17,21-22,25H,5-10,14H2. The summed E-state index contributed by atoms with van der Waals surface area (Å²) in [6.45, 7) is 2.94. The van der Waals surface area contributed by atoms with Crippen LogP contribution in [0.5, 0.6) is 0 Å². The average Bonchev–Trinajstić information content (AvgIpc) is 2.66. The normalized spacial score (nSPS) is 23.6. The maximum Gasteiger partial charge on any atom is 0.0721 e. The van der Waals surface area contributed by atoms with Gasteiger partial charge < -0.3 is 10.1 Å². The van der Waals surface area contributed by atoms with Gasteiger partial charge >= 0.3 is 0 Å². The minimum Gasteiger partial charge on any atom is -0.373 e. The summed E-state index contributed by atoms with van der Waals surface area (Å²) in [5.74, 6) is 1.24. The Morgan fingerprint density at radius 1 is 0.962 bits per heavy atom. The fraction of sp³-hybridized carbons (Fsp3) is 0.455. The molecule has 0 aromatic heterocycles. The number of ether oxygens (including phenoxy) is 1. The Kier molecular flexibility index (Phi) is 6.14. The van der Waals surface area contributed by atoms with E-state index in [1.165, 1.54) is 29.5 Å². The van der Waals surface area contributed by atoms with Crippen molar-refractivity contribution in [1.29, 1.82) is 0 Å². The molecule has 0 bridgehead atoms. The first-order valence-electron chi connectivity index (χ1n) is 9.56. The largest absolute Gasteiger partial charge is 0.373 e. The fourth-order valence-corrected chi connectivity index (χ4v) is 6.00. The summed E-state index contributed by atoms with van der Waals surface area (Å²) >= 11 is 7.16. The number of fused-ring (bicyclic) bond motifs is 1. The molecule has 1 saturated heterocycles. The number of rotatable bonds is 4. The molecular formula is C22H25Br2NO. The van der Waals surface area contributed by atoms with Crippen LogP contribution in [0.2, 0.25) is 0 Å². The summed E-state index contributed by atoms with van der Waals surface area (Å²) in [5.41, 5.74) is 4.28. The van der Waals surface area contributed by atoms with Crippen LogP contribution >= 0.6 is 31.9 Å². The highest BCUT2D eigenvalue weighted by Gasteiger charge is 2.36. The second-order valence-corrected chi connectivity index (χ2v) is 9.31. The number of piperidine rings is 1. The zero-order valence-electron chi connectivity index (χ0n) is 14.9. The minimum atomic E-state index is 0.311. The molecule has 2 nitrogen and oxygen atoms in total. The van der Waals surface area contributed by atoms with Gasteiger partial charge in [0.1, 0.15) is 0 Å². The molecule has 2 unspecified atom stereocenters. The molecule has 0 saturated carbocycles. The SMILES string of the molecule is Brc1cc(Br)cc(COC2CCc3ccccc3C2C2CCNCC2)c1. The van der Waals surface area contributed by atoms with Crippen molar-refractivity contribution in [3.05, 3.63) is 68.1 Å². The molecule has 4 rings (SSSR count). The Balaban J connectivity index is 1.55. The lowest BCUT2D eigenvalue weighted by Gasteiger charge is -2.40. The number of aryl methyl sites for hydroxylation is 1. The van der Waals surface area contributed by atoms with E-state index in [9.17, 15) is 0 Å². The average molecular weight is 479 g/mol. The van der Waals surface area contributed by atoms with Gasteiger partial charge in [0.15, 0.2) is 0 Å². The van der Waals surface area contributed by atoms with Gasteiger partial charge in [0, 0.05) is 14.9 Å². The van der Waals surface area contributed by atoms with Gasteiger partial charge in [-0.2, -0.15) is 0 Å². The predicted octanol–water partition coefficient (Wildman–Crippen LogP) is 5.83. The Hall–Kier alpha value is -0.680. The van der Waals surface area contributed by atoms with E-state index in [0.717, 1.165) is 40.8 Å². The van der Waals surface area contributed by atoms with Gasteiger partial charge in [-0.05, 0) is 79.6 Å². The Morgan fingerprint density at radius 2 is 1.69 bits per heavy atom. The van der Waals surface area contributed by atoms with Crippen LogP contribution in [0.4, 0.5) is 0 Å². The molecule has 2 aliphatic rings. The van der Waals surface area contributed by atoms with E-state index < -0.39 is 0 Å². The third kappa shape index (κ3) is 4.24. The van der Waals surface area contributed by atoms with Gasteiger partial charge in [0.2, 0.25) is 0 Å². The van der Waals surface area contributed by atoms with Gasteiger partial charge in [-0.25, -0.2) is 0 Å². The summed E-state index contributed by atoms with van der Waals surface area (Å²) in [6, 6.07) is 15.4. The molecule has 0 radical (unpaired) electrons. The van der Waals surface area contributed by atoms with Crippen molar-refractivity contribution >= 4 is 31.9 Å². The number of benzene rings is 2. The lowest BCUT2D eigenvalue weighted by Crippen LogP contribution is -2.38. The molecule has 1 heterocycles. The third-order valence-electron chi connectivity index (χ3n) is 5.79. The molecule has 0 amide bonds. The van der Waals surface area contributed by atoms with Gasteiger partial charge in [-0.3, -0.25) is 0 Å². The first-order chi connectivity index (χ1) is 12.7. The van der Waals surface area contributed by atoms with E-state index in [-0.39, 0.29) is 0 Å². The molecule has 2 aromatic rings. The van der Waals surface area contributed by atoms with Crippen LogP contribution in [0.3, 0.4) is 0 Å². The summed E-state index contributed by atoms with van der Waals surface area (Å²) in [7, 11) is 0. The maximum atomic E-state index is 6.54. The van der Waals surface area contributed by atoms with Crippen molar-refractivity contribution in [1.82, 2.24) is 5.32 Å². The van der Waals surface area contributed by atoms with Crippen molar-refractivity contribution in [2.24, 2.45) is 5.92 Å². The maximum absolute atomic E-state index is 6.54. The van der Waals surface area contributed by atoms with Gasteiger partial charge in [0.25, 0.3) is 0 Å². The third-order valence-corrected chi connectivity index (χ3v) is 6.71. The highest BCUT2D eigenvalue weighted by molar-refractivity contribution is 9.11. The fourth-order valence-electron chi connectivity index (χ4n) is 4.61. The number of hydrogen-bond donors (Lipinski definition) is 1. The van der Waals surface area contributed by atoms with Crippen LogP contribution in [0.1, 0.15) is 41.9 Å². The highest BCUT2D eigenvalue weighted by atomic mass is 79.9. The van der Waals surface area contributed by atoms with Gasteiger partial charge in [-0.15, -0.1) is 0 Å². The van der Waals surface area contributed by atoms with Crippen molar-refractivity contribution in [2.75, 3.05) is 13.1 Å². The van der Waals surface area contributed by atoms with E-state index in [1.807, 2.05) is 0 Å². The molecule has 26 heavy (non-hydrogen) atoms. The highest BCUT2D eigenvalue weighted by Crippen LogP contribution is 2.42. The summed E-state index contributed by atoms with van der Waals surface area (Å²) in [5, 5.41) is 3.51. The van der Waals surface area contributed by atoms with Crippen LogP contribution in [-0.4, -0.2) is 19.2 Å². The summed E-state index contributed by atoms with van der Waals surface area (Å²) in [4.78, 5) is 0. The lowest BCUT2D eigenvalue weighted by atomic mass is 9.71. The van der Waals surface area contributed by atoms with Crippen LogP contribution in [0.15, 0.2) is 51.4 Å². The molecular weight excluding hydrogens is 454 g/mol. The van der Waals surface area contributed by atoms with Crippen LogP contribution in [0.25, 0.3) is 0 Å². The molecule has 2 aromatic carbocycles. The van der Waals surface area contributed by atoms with Crippen LogP contribution in [0, 0.1) is 5.92 Å². The Labute approximate surface area is 173 Å². The molecule has 1 aliphatic carbocycles. The van der Waals surface area contributed by atoms with Crippen LogP contribution in [-0.2, 0) is 17.8 Å². The summed E-state index contributed by atoms with van der Waals surface area (Å²) in [6.07, 6.45) is 5.07. The molecule has 2 atom stereocenters. The van der Waals surface area contributed by atoms with E-state index in [0.29, 0.717) is 18.6 Å². The number of nitrogens with one attached hydrogen (secondary N) is 1. The second-order valence-electron chi connectivity index (χ2n) is 7.48. The van der Waals surface area contributed by atoms with Crippen molar-refractivity contribution in [3.8, 4) is 0 Å². The monoisotopic (exact) mass is 477 g/mol. The van der Waals surface area contributed by atoms with Gasteiger partial charge in [0.05, 0.1) is 12.7 Å². The zero-order valence-corrected chi connectivity index (χ0v) is 18.1. The topological polar surface area (TPSA) is 21.3 Å². The molecule has 1 aliphatic heterocycles. The van der Waals surface area contributed by atoms with E-state index in [2.05, 4.69) is 79.6 Å². The van der Waals surface area contributed by atoms with E-state index in [4.69, 9.17) is 4.74 Å². The van der Waals surface area contributed by atoms with E-state index in [1.54, 1.807) is 0 Å². The van der Waals surface area contributed by atoms with E-state index >= 15 is 0 Å². The second kappa shape index (κ2) is 8.55. The minimum absolute atomic E-state index is 0.311. The van der Waals surface area contributed by atoms with Crippen molar-refractivity contribution < 1.29 is 4.74 Å². The first-order valence-corrected chi connectivity index (χ1v) is 11.1. The van der Waals surface area contributed by atoms with Crippen LogP contribution < -0.4 is 5.32 Å². The smallest absolute Gasteiger partial charge is 0.0721 e. The summed E-state index contributed by atoms with van der Waals surface area (Å²) < 4.78 is 8.72. The molecule has 138 valence electrons. The van der Waals surface area contributed by atoms with Crippen molar-refractivity contribution in [2.45, 2.75) is 44.3 Å². The number of hydrogen-bond acceptors (Lipinski definition) is 2. The molecule has 0 spiro atoms. The lowest BCUT2D eigenvalue weighted by molar-refractivity contribution is -0.00559. The Bertz CT molecular complexity index is 737. The molecule has 1 fully saturated rings. The zero-order chi connectivity index (χ0) is 17.9. The first kappa shape index (κ1) is 18.7. The predicted molar refractivity (Wildman–Crippen MR) is 114 cm³/mol. The molecule has 1 N–H and O–H groups in total. The van der Waals surface area contributed by atoms with Crippen molar-refractivity contribution in [3.63, 3.8) is 0 Å². The van der Waals surface area contributed by atoms with Gasteiger partial charge in [-0.1, -0.05) is 56.1 Å². The molecule has 4 heteroatoms. The quantitative estimate of drug-likeness (QED) is 0.597. The Morgan fingerprint density at radius 3 is 2.46 bits per heavy atom. The number of halogens is 2.